The molecule has 0 radical (unpaired) electrons. The number of rotatable bonds is 3. The first-order valence-electron chi connectivity index (χ1n) is 10.4. The maximum absolute atomic E-state index is 13.3. The molecular weight excluding hydrogens is 396 g/mol. The highest BCUT2D eigenvalue weighted by atomic mass is 32.2. The van der Waals surface area contributed by atoms with Crippen molar-refractivity contribution in [3.63, 3.8) is 0 Å². The Morgan fingerprint density at radius 1 is 0.867 bits per heavy atom. The molecule has 2 aliphatic heterocycles. The van der Waals surface area contributed by atoms with E-state index >= 15 is 0 Å². The molecule has 6 heteroatoms. The molecule has 0 aromatic heterocycles. The number of para-hydroxylation sites is 2. The first-order chi connectivity index (χ1) is 14.6. The summed E-state index contributed by atoms with van der Waals surface area (Å²) >= 11 is 1.65. The second-order valence-corrected chi connectivity index (χ2v) is 9.43. The first kappa shape index (κ1) is 18.0. The van der Waals surface area contributed by atoms with Crippen LogP contribution in [0, 0.1) is 23.7 Å². The van der Waals surface area contributed by atoms with E-state index in [1.807, 2.05) is 48.5 Å². The first-order valence-corrected chi connectivity index (χ1v) is 11.2. The van der Waals surface area contributed by atoms with Gasteiger partial charge in [-0.1, -0.05) is 48.2 Å². The monoisotopic (exact) mass is 416 g/mol. The Hall–Kier alpha value is -2.86. The van der Waals surface area contributed by atoms with Gasteiger partial charge in [0.1, 0.15) is 0 Å². The van der Waals surface area contributed by atoms with Gasteiger partial charge in [-0.15, -0.1) is 0 Å². The second-order valence-electron chi connectivity index (χ2n) is 8.34. The van der Waals surface area contributed by atoms with E-state index in [0.717, 1.165) is 27.6 Å². The van der Waals surface area contributed by atoms with Crippen LogP contribution in [0.1, 0.15) is 12.8 Å². The van der Waals surface area contributed by atoms with E-state index in [0.29, 0.717) is 0 Å². The number of amides is 3. The summed E-state index contributed by atoms with van der Waals surface area (Å²) in [5.74, 6) is -0.334. The van der Waals surface area contributed by atoms with E-state index < -0.39 is 0 Å². The molecule has 2 aromatic carbocycles. The average Bonchev–Trinajstić information content (AvgIpc) is 3.44. The lowest BCUT2D eigenvalue weighted by Crippen LogP contribution is -2.37. The van der Waals surface area contributed by atoms with Crippen LogP contribution in [0.15, 0.2) is 70.5 Å². The van der Waals surface area contributed by atoms with Crippen LogP contribution in [0.2, 0.25) is 0 Å². The molecule has 0 spiro atoms. The van der Waals surface area contributed by atoms with Crippen molar-refractivity contribution >= 4 is 40.9 Å². The largest absolute Gasteiger partial charge is 0.282 e. The molecule has 6 rings (SSSR count). The van der Waals surface area contributed by atoms with E-state index in [9.17, 15) is 14.4 Å². The smallest absolute Gasteiger partial charge is 0.233 e. The molecule has 30 heavy (non-hydrogen) atoms. The standard InChI is InChI=1S/C24H20N2O3S/c27-20(11-12-25-23(28)21-14-9-10-15(13-14)22(21)24(25)29)26-16-5-1-3-7-18(16)30-19-8-4-2-6-17(19)26/h1-10,14-15,21-22H,11-13H2/t14-,15-,21-,22+/m1/s1. The summed E-state index contributed by atoms with van der Waals surface area (Å²) in [5, 5.41) is 0. The number of benzene rings is 2. The minimum Gasteiger partial charge on any atom is -0.282 e. The number of hydrogen-bond acceptors (Lipinski definition) is 4. The fraction of sp³-hybridized carbons (Fsp3) is 0.292. The van der Waals surface area contributed by atoms with Gasteiger partial charge >= 0.3 is 0 Å². The van der Waals surface area contributed by atoms with E-state index in [4.69, 9.17) is 0 Å². The van der Waals surface area contributed by atoms with Gasteiger partial charge in [0.2, 0.25) is 17.7 Å². The number of allylic oxidation sites excluding steroid dienone is 2. The number of hydrogen-bond donors (Lipinski definition) is 0. The van der Waals surface area contributed by atoms with Crippen LogP contribution in [0.5, 0.6) is 0 Å². The Labute approximate surface area is 178 Å². The number of carbonyl (C=O) groups excluding carboxylic acids is 3. The lowest BCUT2D eigenvalue weighted by atomic mass is 9.85. The molecule has 2 heterocycles. The number of anilines is 2. The van der Waals surface area contributed by atoms with E-state index in [-0.39, 0.29) is 54.4 Å². The Kier molecular flexibility index (Phi) is 3.93. The van der Waals surface area contributed by atoms with E-state index in [1.165, 1.54) is 4.90 Å². The lowest BCUT2D eigenvalue weighted by molar-refractivity contribution is -0.140. The number of likely N-dealkylation sites (tertiary alicyclic amines) is 1. The molecule has 2 aromatic rings. The van der Waals surface area contributed by atoms with Gasteiger partial charge in [-0.25, -0.2) is 0 Å². The summed E-state index contributed by atoms with van der Waals surface area (Å²) in [6, 6.07) is 15.7. The number of nitrogens with zero attached hydrogens (tertiary/aromatic N) is 2. The lowest BCUT2D eigenvalue weighted by Gasteiger charge is -2.31. The Bertz CT molecular complexity index is 1050. The van der Waals surface area contributed by atoms with E-state index in [2.05, 4.69) is 12.2 Å². The zero-order valence-corrected chi connectivity index (χ0v) is 17.0. The third-order valence-electron chi connectivity index (χ3n) is 6.79. The summed E-state index contributed by atoms with van der Waals surface area (Å²) < 4.78 is 0. The molecule has 1 saturated carbocycles. The van der Waals surface area contributed by atoms with Crippen molar-refractivity contribution in [2.45, 2.75) is 22.6 Å². The molecule has 1 saturated heterocycles. The molecule has 4 aliphatic rings. The van der Waals surface area contributed by atoms with Crippen LogP contribution < -0.4 is 4.90 Å². The van der Waals surface area contributed by atoms with Crippen LogP contribution in [-0.4, -0.2) is 29.2 Å². The third-order valence-corrected chi connectivity index (χ3v) is 7.92. The van der Waals surface area contributed by atoms with Gasteiger partial charge in [0.25, 0.3) is 0 Å². The summed E-state index contributed by atoms with van der Waals surface area (Å²) in [5.41, 5.74) is 1.70. The highest BCUT2D eigenvalue weighted by Crippen LogP contribution is 2.52. The van der Waals surface area contributed by atoms with Gasteiger partial charge in [0, 0.05) is 22.8 Å². The molecule has 2 aliphatic carbocycles. The predicted octanol–water partition coefficient (Wildman–Crippen LogP) is 4.01. The van der Waals surface area contributed by atoms with Gasteiger partial charge in [-0.3, -0.25) is 24.2 Å². The molecule has 3 amide bonds. The summed E-state index contributed by atoms with van der Waals surface area (Å²) in [6.45, 7) is 0.150. The average molecular weight is 417 g/mol. The highest BCUT2D eigenvalue weighted by Gasteiger charge is 2.59. The van der Waals surface area contributed by atoms with Gasteiger partial charge in [0.15, 0.2) is 0 Å². The molecule has 5 nitrogen and oxygen atoms in total. The quantitative estimate of drug-likeness (QED) is 0.560. The molecule has 0 unspecified atom stereocenters. The third kappa shape index (κ3) is 2.46. The topological polar surface area (TPSA) is 57.7 Å². The van der Waals surface area contributed by atoms with Crippen molar-refractivity contribution in [2.24, 2.45) is 23.7 Å². The van der Waals surface area contributed by atoms with Crippen molar-refractivity contribution in [3.8, 4) is 0 Å². The minimum absolute atomic E-state index is 0.0929. The minimum atomic E-state index is -0.213. The molecule has 4 atom stereocenters. The maximum Gasteiger partial charge on any atom is 0.233 e. The van der Waals surface area contributed by atoms with Crippen molar-refractivity contribution in [2.75, 3.05) is 11.4 Å². The van der Waals surface area contributed by atoms with Gasteiger partial charge in [-0.05, 0) is 42.5 Å². The normalized spacial score (nSPS) is 28.0. The van der Waals surface area contributed by atoms with Crippen LogP contribution in [-0.2, 0) is 14.4 Å². The van der Waals surface area contributed by atoms with Crippen molar-refractivity contribution in [1.29, 1.82) is 0 Å². The van der Waals surface area contributed by atoms with E-state index in [1.54, 1.807) is 16.7 Å². The second kappa shape index (κ2) is 6.57. The fourth-order valence-electron chi connectivity index (χ4n) is 5.48. The zero-order valence-electron chi connectivity index (χ0n) is 16.2. The molecule has 0 N–H and O–H groups in total. The Balaban J connectivity index is 1.25. The van der Waals surface area contributed by atoms with Gasteiger partial charge in [0.05, 0.1) is 23.2 Å². The Morgan fingerprint density at radius 2 is 1.40 bits per heavy atom. The predicted molar refractivity (Wildman–Crippen MR) is 113 cm³/mol. The Morgan fingerprint density at radius 3 is 1.97 bits per heavy atom. The van der Waals surface area contributed by atoms with Gasteiger partial charge in [-0.2, -0.15) is 0 Å². The number of imide groups is 1. The van der Waals surface area contributed by atoms with Crippen LogP contribution >= 0.6 is 11.8 Å². The molecular formula is C24H20N2O3S. The fourth-order valence-corrected chi connectivity index (χ4v) is 6.53. The number of fused-ring (bicyclic) bond motifs is 7. The molecule has 150 valence electrons. The summed E-state index contributed by atoms with van der Waals surface area (Å²) in [4.78, 5) is 44.3. The SMILES string of the molecule is O=C1[C@@H]2[C@H](C(=O)N1CCC(=O)N1c3ccccc3Sc3ccccc31)[C@@H]1C=C[C@@H]2C1. The van der Waals surface area contributed by atoms with Crippen LogP contribution in [0.3, 0.4) is 0 Å². The maximum atomic E-state index is 13.3. The molecule has 2 fully saturated rings. The van der Waals surface area contributed by atoms with Crippen LogP contribution in [0.4, 0.5) is 11.4 Å². The summed E-state index contributed by atoms with van der Waals surface area (Å²) in [6.07, 6.45) is 5.21. The summed E-state index contributed by atoms with van der Waals surface area (Å²) in [7, 11) is 0. The van der Waals surface area contributed by atoms with Crippen LogP contribution in [0.25, 0.3) is 0 Å². The number of carbonyl (C=O) groups is 3. The van der Waals surface area contributed by atoms with Crippen molar-refractivity contribution < 1.29 is 14.4 Å². The molecule has 2 bridgehead atoms. The van der Waals surface area contributed by atoms with Crippen molar-refractivity contribution in [1.82, 2.24) is 4.90 Å². The zero-order chi connectivity index (χ0) is 20.4. The van der Waals surface area contributed by atoms with Crippen molar-refractivity contribution in [3.05, 3.63) is 60.7 Å². The highest BCUT2D eigenvalue weighted by molar-refractivity contribution is 7.99. The van der Waals surface area contributed by atoms with Gasteiger partial charge < -0.3 is 0 Å².